The molecule has 8 heteroatoms. The Morgan fingerprint density at radius 2 is 1.48 bits per heavy atom. The van der Waals surface area contributed by atoms with Gasteiger partial charge in [-0.3, -0.25) is 0 Å². The van der Waals surface area contributed by atoms with Gasteiger partial charge in [0.05, 0.1) is 13.2 Å². The number of carbonyl (C=O) groups is 2. The van der Waals surface area contributed by atoms with Crippen LogP contribution in [0.3, 0.4) is 0 Å². The third kappa shape index (κ3) is 4.44. The van der Waals surface area contributed by atoms with Gasteiger partial charge in [0.25, 0.3) is 0 Å². The number of morpholine rings is 1. The lowest BCUT2D eigenvalue weighted by molar-refractivity contribution is 0.0517. The maximum absolute atomic E-state index is 12.5. The first kappa shape index (κ1) is 16.7. The van der Waals surface area contributed by atoms with Crippen molar-refractivity contribution in [2.45, 2.75) is 18.9 Å². The molecule has 0 radical (unpaired) electrons. The van der Waals surface area contributed by atoms with Gasteiger partial charge in [0.15, 0.2) is 0 Å². The minimum absolute atomic E-state index is 0.00568. The molecule has 3 fully saturated rings. The van der Waals surface area contributed by atoms with E-state index >= 15 is 0 Å². The molecule has 1 N–H and O–H groups in total. The number of nitrogens with one attached hydrogen (secondary N) is 1. The van der Waals surface area contributed by atoms with Crippen molar-refractivity contribution < 1.29 is 14.3 Å². The van der Waals surface area contributed by atoms with Gasteiger partial charge in [-0.25, -0.2) is 9.59 Å². The molecule has 0 spiro atoms. The van der Waals surface area contributed by atoms with E-state index in [-0.39, 0.29) is 18.1 Å². The zero-order valence-corrected chi connectivity index (χ0v) is 14.4. The first-order chi connectivity index (χ1) is 11.2. The van der Waals surface area contributed by atoms with Crippen molar-refractivity contribution in [1.29, 1.82) is 0 Å². The van der Waals surface area contributed by atoms with Crippen LogP contribution in [-0.4, -0.2) is 96.8 Å². The zero-order valence-electron chi connectivity index (χ0n) is 13.5. The Morgan fingerprint density at radius 1 is 0.870 bits per heavy atom. The molecule has 0 atom stereocenters. The fourth-order valence-corrected chi connectivity index (χ4v) is 4.11. The molecule has 3 aliphatic heterocycles. The summed E-state index contributed by atoms with van der Waals surface area (Å²) in [4.78, 5) is 30.4. The first-order valence-electron chi connectivity index (χ1n) is 8.49. The van der Waals surface area contributed by atoms with E-state index in [2.05, 4.69) is 5.32 Å². The highest BCUT2D eigenvalue weighted by Crippen LogP contribution is 2.16. The molecule has 3 aliphatic rings. The Bertz CT molecular complexity index is 417. The van der Waals surface area contributed by atoms with Crippen LogP contribution in [0.1, 0.15) is 12.8 Å². The summed E-state index contributed by atoms with van der Waals surface area (Å²) >= 11 is 1.91. The van der Waals surface area contributed by atoms with Crippen LogP contribution in [0, 0.1) is 0 Å². The first-order valence-corrected chi connectivity index (χ1v) is 9.64. The third-order valence-electron chi connectivity index (χ3n) is 4.67. The van der Waals surface area contributed by atoms with Crippen molar-refractivity contribution >= 4 is 23.8 Å². The molecule has 130 valence electrons. The average Bonchev–Trinajstić information content (AvgIpc) is 2.63. The molecule has 0 aromatic rings. The molecule has 3 heterocycles. The number of piperidine rings is 1. The average molecular weight is 342 g/mol. The van der Waals surface area contributed by atoms with Gasteiger partial charge in [-0.1, -0.05) is 0 Å². The van der Waals surface area contributed by atoms with Crippen LogP contribution >= 0.6 is 11.8 Å². The summed E-state index contributed by atoms with van der Waals surface area (Å²) in [5.74, 6) is 2.08. The molecule has 4 amide bonds. The van der Waals surface area contributed by atoms with Crippen LogP contribution in [0.15, 0.2) is 0 Å². The maximum atomic E-state index is 12.5. The number of nitrogens with zero attached hydrogens (tertiary/aromatic N) is 3. The molecule has 23 heavy (non-hydrogen) atoms. The SMILES string of the molecule is O=C(NC1CCN(C(=O)N2CCSCC2)CC1)N1CCOCC1. The number of carbonyl (C=O) groups excluding carboxylic acids is 2. The molecule has 0 aromatic heterocycles. The van der Waals surface area contributed by atoms with Crippen LogP contribution in [0.25, 0.3) is 0 Å². The van der Waals surface area contributed by atoms with E-state index in [1.165, 1.54) is 0 Å². The number of hydrogen-bond acceptors (Lipinski definition) is 4. The van der Waals surface area contributed by atoms with Gasteiger partial charge in [0.2, 0.25) is 0 Å². The topological polar surface area (TPSA) is 65.1 Å². The zero-order chi connectivity index (χ0) is 16.1. The molecule has 0 saturated carbocycles. The number of amides is 4. The molecule has 0 bridgehead atoms. The second kappa shape index (κ2) is 8.10. The van der Waals surface area contributed by atoms with Crippen LogP contribution in [-0.2, 0) is 4.74 Å². The maximum Gasteiger partial charge on any atom is 0.320 e. The molecule has 7 nitrogen and oxygen atoms in total. The number of hydrogen-bond donors (Lipinski definition) is 1. The Hall–Kier alpha value is -1.15. The summed E-state index contributed by atoms with van der Waals surface area (Å²) in [6, 6.07) is 0.348. The van der Waals surface area contributed by atoms with E-state index in [9.17, 15) is 9.59 Å². The Kier molecular flexibility index (Phi) is 5.88. The predicted octanol–water partition coefficient (Wildman–Crippen LogP) is 0.661. The molecule has 0 unspecified atom stereocenters. The van der Waals surface area contributed by atoms with Gasteiger partial charge in [-0.15, -0.1) is 0 Å². The molecular formula is C15H26N4O3S. The second-order valence-corrected chi connectivity index (χ2v) is 7.42. The quantitative estimate of drug-likeness (QED) is 0.760. The highest BCUT2D eigenvalue weighted by Gasteiger charge is 2.28. The fourth-order valence-electron chi connectivity index (χ4n) is 3.20. The van der Waals surface area contributed by atoms with Gasteiger partial charge in [-0.05, 0) is 12.8 Å². The Morgan fingerprint density at radius 3 is 2.13 bits per heavy atom. The molecule has 3 rings (SSSR count). The second-order valence-electron chi connectivity index (χ2n) is 6.19. The van der Waals surface area contributed by atoms with Gasteiger partial charge in [0.1, 0.15) is 0 Å². The lowest BCUT2D eigenvalue weighted by atomic mass is 10.1. The van der Waals surface area contributed by atoms with Crippen molar-refractivity contribution in [3.05, 3.63) is 0 Å². The number of rotatable bonds is 1. The standard InChI is InChI=1S/C15H26N4O3S/c20-14(17-5-9-22-10-6-17)16-13-1-3-18(4-2-13)15(21)19-7-11-23-12-8-19/h13H,1-12H2,(H,16,20). The van der Waals surface area contributed by atoms with E-state index in [1.807, 2.05) is 26.5 Å². The van der Waals surface area contributed by atoms with Crippen LogP contribution < -0.4 is 5.32 Å². The van der Waals surface area contributed by atoms with E-state index in [0.717, 1.165) is 50.5 Å². The third-order valence-corrected chi connectivity index (χ3v) is 5.62. The van der Waals surface area contributed by atoms with Crippen LogP contribution in [0.2, 0.25) is 0 Å². The van der Waals surface area contributed by atoms with Crippen molar-refractivity contribution in [1.82, 2.24) is 20.0 Å². The summed E-state index contributed by atoms with van der Waals surface area (Å²) < 4.78 is 5.27. The number of likely N-dealkylation sites (tertiary alicyclic amines) is 1. The van der Waals surface area contributed by atoms with Crippen molar-refractivity contribution in [2.75, 3.05) is 64.0 Å². The molecule has 3 saturated heterocycles. The minimum atomic E-state index is 0.00568. The van der Waals surface area contributed by atoms with Gasteiger partial charge in [-0.2, -0.15) is 11.8 Å². The summed E-state index contributed by atoms with van der Waals surface area (Å²) in [5, 5.41) is 3.10. The van der Waals surface area contributed by atoms with Gasteiger partial charge < -0.3 is 24.8 Å². The number of thioether (sulfide) groups is 1. The molecule has 0 aromatic carbocycles. The highest BCUT2D eigenvalue weighted by atomic mass is 32.2. The normalized spacial score (nSPS) is 23.7. The van der Waals surface area contributed by atoms with Crippen LogP contribution in [0.4, 0.5) is 9.59 Å². The summed E-state index contributed by atoms with van der Waals surface area (Å²) in [6.07, 6.45) is 1.68. The Balaban J connectivity index is 1.41. The van der Waals surface area contributed by atoms with E-state index in [0.29, 0.717) is 26.3 Å². The van der Waals surface area contributed by atoms with Crippen molar-refractivity contribution in [2.24, 2.45) is 0 Å². The van der Waals surface area contributed by atoms with E-state index in [1.54, 1.807) is 0 Å². The monoisotopic (exact) mass is 342 g/mol. The largest absolute Gasteiger partial charge is 0.378 e. The number of urea groups is 2. The number of ether oxygens (including phenoxy) is 1. The smallest absolute Gasteiger partial charge is 0.320 e. The predicted molar refractivity (Wildman–Crippen MR) is 89.8 cm³/mol. The summed E-state index contributed by atoms with van der Waals surface area (Å²) in [7, 11) is 0. The van der Waals surface area contributed by atoms with Crippen molar-refractivity contribution in [3.63, 3.8) is 0 Å². The van der Waals surface area contributed by atoms with Crippen LogP contribution in [0.5, 0.6) is 0 Å². The lowest BCUT2D eigenvalue weighted by Gasteiger charge is -2.38. The fraction of sp³-hybridized carbons (Fsp3) is 0.867. The lowest BCUT2D eigenvalue weighted by Crippen LogP contribution is -2.54. The minimum Gasteiger partial charge on any atom is -0.378 e. The van der Waals surface area contributed by atoms with Crippen molar-refractivity contribution in [3.8, 4) is 0 Å². The summed E-state index contributed by atoms with van der Waals surface area (Å²) in [5.41, 5.74) is 0. The molecule has 0 aliphatic carbocycles. The van der Waals surface area contributed by atoms with Gasteiger partial charge in [0, 0.05) is 56.8 Å². The van der Waals surface area contributed by atoms with E-state index < -0.39 is 0 Å². The highest BCUT2D eigenvalue weighted by molar-refractivity contribution is 7.99. The molecular weight excluding hydrogens is 316 g/mol. The van der Waals surface area contributed by atoms with Gasteiger partial charge >= 0.3 is 12.1 Å². The summed E-state index contributed by atoms with van der Waals surface area (Å²) in [6.45, 7) is 5.75. The van der Waals surface area contributed by atoms with E-state index in [4.69, 9.17) is 4.74 Å². The Labute approximate surface area is 141 Å².